The Kier molecular flexibility index (Phi) is 6.11. The number of aromatic nitrogens is 1. The lowest BCUT2D eigenvalue weighted by Crippen LogP contribution is -2.41. The lowest BCUT2D eigenvalue weighted by Gasteiger charge is -2.06. The molecule has 1 aromatic carbocycles. The largest absolute Gasteiger partial charge is 0.348 e. The third-order valence-electron chi connectivity index (χ3n) is 3.14. The molecule has 1 aromatic heterocycles. The summed E-state index contributed by atoms with van der Waals surface area (Å²) < 4.78 is 0. The molecule has 0 aliphatic carbocycles. The van der Waals surface area contributed by atoms with Crippen LogP contribution < -0.4 is 10.6 Å². The van der Waals surface area contributed by atoms with Gasteiger partial charge in [-0.2, -0.15) is 0 Å². The molecule has 1 heterocycles. The molecule has 0 bridgehead atoms. The molecule has 0 atom stereocenters. The monoisotopic (exact) mass is 297 g/mol. The van der Waals surface area contributed by atoms with Crippen LogP contribution in [0, 0.1) is 0 Å². The first-order valence-corrected chi connectivity index (χ1v) is 7.25. The summed E-state index contributed by atoms with van der Waals surface area (Å²) in [5.74, 6) is -1.21. The van der Waals surface area contributed by atoms with Crippen LogP contribution in [0.4, 0.5) is 0 Å². The average Bonchev–Trinajstić information content (AvgIpc) is 2.56. The van der Waals surface area contributed by atoms with E-state index in [1.807, 2.05) is 48.5 Å². The van der Waals surface area contributed by atoms with Crippen molar-refractivity contribution in [3.8, 4) is 0 Å². The van der Waals surface area contributed by atoms with Gasteiger partial charge >= 0.3 is 11.8 Å². The SMILES string of the molecule is O=C(NCCc1ccccc1)C(=O)NCCc1ccccn1. The van der Waals surface area contributed by atoms with Crippen molar-refractivity contribution in [2.75, 3.05) is 13.1 Å². The van der Waals surface area contributed by atoms with Gasteiger partial charge in [-0.05, 0) is 24.1 Å². The van der Waals surface area contributed by atoms with Gasteiger partial charge in [0, 0.05) is 31.4 Å². The lowest BCUT2D eigenvalue weighted by atomic mass is 10.1. The van der Waals surface area contributed by atoms with Crippen molar-refractivity contribution in [1.82, 2.24) is 15.6 Å². The first kappa shape index (κ1) is 15.7. The van der Waals surface area contributed by atoms with E-state index in [4.69, 9.17) is 0 Å². The second kappa shape index (κ2) is 8.56. The number of carbonyl (C=O) groups excluding carboxylic acids is 2. The minimum Gasteiger partial charge on any atom is -0.348 e. The Labute approximate surface area is 129 Å². The van der Waals surface area contributed by atoms with E-state index in [1.165, 1.54) is 0 Å². The molecule has 2 rings (SSSR count). The van der Waals surface area contributed by atoms with Gasteiger partial charge in [-0.3, -0.25) is 14.6 Å². The number of benzene rings is 1. The molecule has 2 aromatic rings. The fraction of sp³-hybridized carbons (Fsp3) is 0.235. The minimum absolute atomic E-state index is 0.391. The van der Waals surface area contributed by atoms with Crippen LogP contribution in [0.1, 0.15) is 11.3 Å². The van der Waals surface area contributed by atoms with E-state index in [2.05, 4.69) is 15.6 Å². The first-order chi connectivity index (χ1) is 10.8. The van der Waals surface area contributed by atoms with Gasteiger partial charge in [0.25, 0.3) is 0 Å². The summed E-state index contributed by atoms with van der Waals surface area (Å²) in [5, 5.41) is 5.20. The van der Waals surface area contributed by atoms with Crippen LogP contribution in [0.2, 0.25) is 0 Å². The van der Waals surface area contributed by atoms with Crippen molar-refractivity contribution >= 4 is 11.8 Å². The summed E-state index contributed by atoms with van der Waals surface area (Å²) >= 11 is 0. The van der Waals surface area contributed by atoms with Crippen LogP contribution in [0.5, 0.6) is 0 Å². The third kappa shape index (κ3) is 5.36. The topological polar surface area (TPSA) is 71.1 Å². The van der Waals surface area contributed by atoms with Crippen molar-refractivity contribution in [2.45, 2.75) is 12.8 Å². The van der Waals surface area contributed by atoms with Gasteiger partial charge < -0.3 is 10.6 Å². The summed E-state index contributed by atoms with van der Waals surface area (Å²) in [7, 11) is 0. The van der Waals surface area contributed by atoms with Crippen LogP contribution in [-0.4, -0.2) is 29.9 Å². The predicted molar refractivity (Wildman–Crippen MR) is 84.1 cm³/mol. The summed E-state index contributed by atoms with van der Waals surface area (Å²) in [6.07, 6.45) is 3.01. The Balaban J connectivity index is 1.63. The number of pyridine rings is 1. The smallest absolute Gasteiger partial charge is 0.309 e. The molecule has 0 aliphatic rings. The molecule has 2 N–H and O–H groups in total. The number of hydrogen-bond acceptors (Lipinski definition) is 3. The molecule has 0 aliphatic heterocycles. The molecular weight excluding hydrogens is 278 g/mol. The Morgan fingerprint density at radius 2 is 1.45 bits per heavy atom. The maximum Gasteiger partial charge on any atom is 0.309 e. The van der Waals surface area contributed by atoms with Crippen molar-refractivity contribution < 1.29 is 9.59 Å². The standard InChI is InChI=1S/C17H19N3O2/c21-16(19-12-9-14-6-2-1-3-7-14)17(22)20-13-10-15-8-4-5-11-18-15/h1-8,11H,9-10,12-13H2,(H,19,21)(H,20,22). The molecule has 0 fully saturated rings. The van der Waals surface area contributed by atoms with Crippen molar-refractivity contribution in [3.63, 3.8) is 0 Å². The van der Waals surface area contributed by atoms with Crippen LogP contribution >= 0.6 is 0 Å². The zero-order valence-electron chi connectivity index (χ0n) is 12.3. The molecule has 114 valence electrons. The van der Waals surface area contributed by atoms with E-state index < -0.39 is 11.8 Å². The van der Waals surface area contributed by atoms with E-state index in [0.717, 1.165) is 11.3 Å². The number of carbonyl (C=O) groups is 2. The summed E-state index contributed by atoms with van der Waals surface area (Å²) in [6, 6.07) is 15.4. The fourth-order valence-electron chi connectivity index (χ4n) is 1.98. The summed E-state index contributed by atoms with van der Waals surface area (Å²) in [4.78, 5) is 27.4. The maximum atomic E-state index is 11.6. The van der Waals surface area contributed by atoms with Crippen LogP contribution in [0.25, 0.3) is 0 Å². The van der Waals surface area contributed by atoms with E-state index in [0.29, 0.717) is 25.9 Å². The quantitative estimate of drug-likeness (QED) is 0.784. The summed E-state index contributed by atoms with van der Waals surface area (Å²) in [5.41, 5.74) is 2.01. The van der Waals surface area contributed by atoms with Gasteiger partial charge in [0.2, 0.25) is 0 Å². The average molecular weight is 297 g/mol. The predicted octanol–water partition coefficient (Wildman–Crippen LogP) is 1.10. The Hall–Kier alpha value is -2.69. The number of nitrogens with zero attached hydrogens (tertiary/aromatic N) is 1. The molecule has 0 saturated carbocycles. The Morgan fingerprint density at radius 3 is 2.09 bits per heavy atom. The zero-order chi connectivity index (χ0) is 15.6. The highest BCUT2D eigenvalue weighted by molar-refractivity contribution is 6.35. The van der Waals surface area contributed by atoms with Crippen molar-refractivity contribution in [2.24, 2.45) is 0 Å². The van der Waals surface area contributed by atoms with E-state index in [9.17, 15) is 9.59 Å². The number of nitrogens with one attached hydrogen (secondary N) is 2. The zero-order valence-corrected chi connectivity index (χ0v) is 12.3. The maximum absolute atomic E-state index is 11.6. The lowest BCUT2D eigenvalue weighted by molar-refractivity contribution is -0.139. The van der Waals surface area contributed by atoms with Gasteiger partial charge in [-0.25, -0.2) is 0 Å². The second-order valence-corrected chi connectivity index (χ2v) is 4.82. The van der Waals surface area contributed by atoms with Crippen molar-refractivity contribution in [1.29, 1.82) is 0 Å². The first-order valence-electron chi connectivity index (χ1n) is 7.25. The fourth-order valence-corrected chi connectivity index (χ4v) is 1.98. The highest BCUT2D eigenvalue weighted by atomic mass is 16.2. The minimum atomic E-state index is -0.607. The second-order valence-electron chi connectivity index (χ2n) is 4.82. The number of amides is 2. The Morgan fingerprint density at radius 1 is 0.818 bits per heavy atom. The van der Waals surface area contributed by atoms with Crippen LogP contribution in [-0.2, 0) is 22.4 Å². The molecule has 5 nitrogen and oxygen atoms in total. The highest BCUT2D eigenvalue weighted by Crippen LogP contribution is 1.98. The highest BCUT2D eigenvalue weighted by Gasteiger charge is 2.11. The molecule has 0 spiro atoms. The summed E-state index contributed by atoms with van der Waals surface area (Å²) in [6.45, 7) is 0.832. The third-order valence-corrected chi connectivity index (χ3v) is 3.14. The van der Waals surface area contributed by atoms with Crippen LogP contribution in [0.15, 0.2) is 54.7 Å². The van der Waals surface area contributed by atoms with Crippen molar-refractivity contribution in [3.05, 3.63) is 66.0 Å². The molecule has 5 heteroatoms. The van der Waals surface area contributed by atoms with Gasteiger partial charge in [-0.15, -0.1) is 0 Å². The number of hydrogen-bond donors (Lipinski definition) is 2. The Bertz CT molecular complexity index is 544. The van der Waals surface area contributed by atoms with E-state index in [1.54, 1.807) is 6.20 Å². The molecule has 0 unspecified atom stereocenters. The van der Waals surface area contributed by atoms with Crippen LogP contribution in [0.3, 0.4) is 0 Å². The molecular formula is C17H19N3O2. The molecule has 0 saturated heterocycles. The van der Waals surface area contributed by atoms with Gasteiger partial charge in [-0.1, -0.05) is 36.4 Å². The van der Waals surface area contributed by atoms with E-state index in [-0.39, 0.29) is 0 Å². The number of rotatable bonds is 6. The molecule has 0 radical (unpaired) electrons. The van der Waals surface area contributed by atoms with Gasteiger partial charge in [0.1, 0.15) is 0 Å². The van der Waals surface area contributed by atoms with E-state index >= 15 is 0 Å². The molecule has 2 amide bonds. The van der Waals surface area contributed by atoms with Gasteiger partial charge in [0.05, 0.1) is 0 Å². The van der Waals surface area contributed by atoms with Gasteiger partial charge in [0.15, 0.2) is 0 Å². The molecule has 22 heavy (non-hydrogen) atoms. The normalized spacial score (nSPS) is 10.0.